The van der Waals surface area contributed by atoms with Crippen molar-refractivity contribution in [2.24, 2.45) is 16.5 Å². The zero-order valence-corrected chi connectivity index (χ0v) is 10.6. The molecule has 0 heterocycles. The van der Waals surface area contributed by atoms with E-state index in [0.717, 1.165) is 0 Å². The molecule has 0 saturated heterocycles. The van der Waals surface area contributed by atoms with Crippen molar-refractivity contribution in [3.8, 4) is 0 Å². The Labute approximate surface area is 117 Å². The number of aliphatic hydroxyl groups is 1. The molecule has 0 amide bonds. The summed E-state index contributed by atoms with van der Waals surface area (Å²) in [5, 5.41) is 41.8. The monoisotopic (exact) mass is 309 g/mol. The second kappa shape index (κ2) is 9.08. The first kappa shape index (κ1) is 20.4. The Morgan fingerprint density at radius 3 is 1.38 bits per heavy atom. The molecule has 0 unspecified atom stereocenters. The molecule has 0 radical (unpaired) electrons. The maximum Gasteiger partial charge on any atom is 0.336 e. The van der Waals surface area contributed by atoms with Crippen LogP contribution in [0.3, 0.4) is 0 Å². The molecule has 0 aliphatic rings. The highest BCUT2D eigenvalue weighted by molar-refractivity contribution is 5.88. The molecule has 0 aromatic heterocycles. The molecule has 21 heavy (non-hydrogen) atoms. The third kappa shape index (κ3) is 11.9. The largest absolute Gasteiger partial charge is 0.481 e. The summed E-state index contributed by atoms with van der Waals surface area (Å²) in [6.45, 7) is -0.359. The van der Waals surface area contributed by atoms with E-state index in [1.807, 2.05) is 0 Å². The smallest absolute Gasteiger partial charge is 0.336 e. The number of carboxylic acids is 4. The molecule has 0 spiro atoms. The van der Waals surface area contributed by atoms with Crippen LogP contribution >= 0.6 is 0 Å². The van der Waals surface area contributed by atoms with E-state index in [9.17, 15) is 19.2 Å². The predicted molar refractivity (Wildman–Crippen MR) is 65.4 cm³/mol. The van der Waals surface area contributed by atoms with Crippen molar-refractivity contribution >= 4 is 29.8 Å². The maximum atomic E-state index is 10.3. The number of aliphatic carboxylic acids is 4. The lowest BCUT2D eigenvalue weighted by Crippen LogP contribution is -2.42. The minimum absolute atomic E-state index is 0.201. The van der Waals surface area contributed by atoms with E-state index in [0.29, 0.717) is 0 Å². The normalized spacial score (nSPS) is 9.76. The van der Waals surface area contributed by atoms with Gasteiger partial charge in [0.25, 0.3) is 0 Å². The topological polar surface area (TPSA) is 234 Å². The Hall–Kier alpha value is -2.89. The van der Waals surface area contributed by atoms with Gasteiger partial charge in [0.1, 0.15) is 6.54 Å². The Kier molecular flexibility index (Phi) is 8.84. The van der Waals surface area contributed by atoms with Crippen LogP contribution in [0.4, 0.5) is 0 Å². The molecule has 0 bridgehead atoms. The van der Waals surface area contributed by atoms with Crippen LogP contribution in [0.5, 0.6) is 0 Å². The van der Waals surface area contributed by atoms with Crippen LogP contribution in [-0.2, 0) is 19.2 Å². The van der Waals surface area contributed by atoms with Gasteiger partial charge in [-0.1, -0.05) is 0 Å². The van der Waals surface area contributed by atoms with Gasteiger partial charge in [0.05, 0.1) is 12.8 Å². The molecular weight excluding hydrogens is 294 g/mol. The first-order valence-corrected chi connectivity index (χ1v) is 5.07. The number of carboxylic acid groups (broad SMARTS) is 4. The number of aliphatic imine (C=N–C) groups is 1. The second-order valence-corrected chi connectivity index (χ2v) is 3.61. The standard InChI is InChI=1S/C6H8O7.C3H7N3O2/c7-3(8)1-6(13,5(11)12)2-4(9)10;4-3(5)6-1-2(7)8/h13H,1-2H2,(H,7,8)(H,9,10)(H,11,12);1H2,(H,7,8)(H4,4,5,6). The summed E-state index contributed by atoms with van der Waals surface area (Å²) in [6, 6.07) is 0. The third-order valence-corrected chi connectivity index (χ3v) is 1.68. The number of hydrogen-bond acceptors (Lipinski definition) is 6. The lowest BCUT2D eigenvalue weighted by Gasteiger charge is -2.18. The van der Waals surface area contributed by atoms with E-state index >= 15 is 0 Å². The van der Waals surface area contributed by atoms with Gasteiger partial charge < -0.3 is 37.0 Å². The Balaban J connectivity index is 0. The van der Waals surface area contributed by atoms with Gasteiger partial charge in [0.2, 0.25) is 0 Å². The fourth-order valence-corrected chi connectivity index (χ4v) is 0.873. The van der Waals surface area contributed by atoms with E-state index in [4.69, 9.17) is 37.0 Å². The van der Waals surface area contributed by atoms with Crippen LogP contribution in [0.15, 0.2) is 4.99 Å². The van der Waals surface area contributed by atoms with Crippen LogP contribution in [0.25, 0.3) is 0 Å². The molecule has 0 rings (SSSR count). The van der Waals surface area contributed by atoms with Gasteiger partial charge in [-0.2, -0.15) is 0 Å². The Morgan fingerprint density at radius 1 is 0.857 bits per heavy atom. The van der Waals surface area contributed by atoms with E-state index in [2.05, 4.69) is 4.99 Å². The van der Waals surface area contributed by atoms with Gasteiger partial charge in [-0.05, 0) is 0 Å². The predicted octanol–water partition coefficient (Wildman–Crippen LogP) is -2.90. The highest BCUT2D eigenvalue weighted by atomic mass is 16.4. The average molecular weight is 309 g/mol. The molecule has 0 saturated carbocycles. The molecule has 9 N–H and O–H groups in total. The Bertz CT molecular complexity index is 426. The molecule has 0 aromatic rings. The molecule has 0 aliphatic carbocycles. The quantitative estimate of drug-likeness (QED) is 0.186. The Morgan fingerprint density at radius 2 is 1.24 bits per heavy atom. The van der Waals surface area contributed by atoms with Gasteiger partial charge in [-0.25, -0.2) is 9.79 Å². The van der Waals surface area contributed by atoms with Crippen LogP contribution in [0, 0.1) is 0 Å². The summed E-state index contributed by atoms with van der Waals surface area (Å²) < 4.78 is 0. The second-order valence-electron chi connectivity index (χ2n) is 3.61. The first-order chi connectivity index (χ1) is 9.40. The van der Waals surface area contributed by atoms with E-state index in [1.54, 1.807) is 0 Å². The fraction of sp³-hybridized carbons (Fsp3) is 0.444. The number of hydrogen-bond donors (Lipinski definition) is 7. The summed E-state index contributed by atoms with van der Waals surface area (Å²) in [6.07, 6.45) is -2.29. The third-order valence-electron chi connectivity index (χ3n) is 1.68. The summed E-state index contributed by atoms with van der Waals surface area (Å²) in [5.41, 5.74) is 6.87. The lowest BCUT2D eigenvalue weighted by atomic mass is 9.96. The van der Waals surface area contributed by atoms with Crippen molar-refractivity contribution in [3.05, 3.63) is 0 Å². The maximum absolute atomic E-state index is 10.3. The highest BCUT2D eigenvalue weighted by Crippen LogP contribution is 2.15. The van der Waals surface area contributed by atoms with Crippen molar-refractivity contribution in [2.75, 3.05) is 6.54 Å². The number of guanidine groups is 1. The summed E-state index contributed by atoms with van der Waals surface area (Å²) in [5.74, 6) is -6.26. The minimum atomic E-state index is -2.74. The van der Waals surface area contributed by atoms with E-state index < -0.39 is 42.3 Å². The molecule has 0 atom stereocenters. The molecule has 0 aromatic carbocycles. The van der Waals surface area contributed by atoms with Crippen molar-refractivity contribution in [2.45, 2.75) is 18.4 Å². The van der Waals surface area contributed by atoms with Crippen LogP contribution in [0.2, 0.25) is 0 Å². The molecule has 0 fully saturated rings. The van der Waals surface area contributed by atoms with Gasteiger partial charge in [-0.3, -0.25) is 14.4 Å². The van der Waals surface area contributed by atoms with Crippen molar-refractivity contribution in [3.63, 3.8) is 0 Å². The zero-order chi connectivity index (χ0) is 17.2. The molecular formula is C9H15N3O9. The van der Waals surface area contributed by atoms with E-state index in [1.165, 1.54) is 0 Å². The molecule has 120 valence electrons. The summed E-state index contributed by atoms with van der Waals surface area (Å²) in [4.78, 5) is 43.4. The van der Waals surface area contributed by atoms with Gasteiger partial charge in [0.15, 0.2) is 11.6 Å². The van der Waals surface area contributed by atoms with Gasteiger partial charge >= 0.3 is 23.9 Å². The van der Waals surface area contributed by atoms with Crippen LogP contribution in [0.1, 0.15) is 12.8 Å². The van der Waals surface area contributed by atoms with E-state index in [-0.39, 0.29) is 12.5 Å². The summed E-state index contributed by atoms with van der Waals surface area (Å²) in [7, 11) is 0. The number of carbonyl (C=O) groups is 4. The molecule has 0 aliphatic heterocycles. The van der Waals surface area contributed by atoms with Crippen molar-refractivity contribution in [1.29, 1.82) is 0 Å². The minimum Gasteiger partial charge on any atom is -0.481 e. The number of nitrogens with two attached hydrogens (primary N) is 2. The number of nitrogens with zero attached hydrogens (tertiary/aromatic N) is 1. The average Bonchev–Trinajstić information content (AvgIpc) is 2.24. The molecule has 12 heteroatoms. The first-order valence-electron chi connectivity index (χ1n) is 5.07. The van der Waals surface area contributed by atoms with Crippen LogP contribution < -0.4 is 11.5 Å². The fourth-order valence-electron chi connectivity index (χ4n) is 0.873. The van der Waals surface area contributed by atoms with Gasteiger partial charge in [0, 0.05) is 0 Å². The highest BCUT2D eigenvalue weighted by Gasteiger charge is 2.40. The van der Waals surface area contributed by atoms with Crippen LogP contribution in [-0.4, -0.2) is 67.5 Å². The van der Waals surface area contributed by atoms with Crippen molar-refractivity contribution < 1.29 is 44.7 Å². The number of rotatable bonds is 7. The zero-order valence-electron chi connectivity index (χ0n) is 10.6. The van der Waals surface area contributed by atoms with Crippen molar-refractivity contribution in [1.82, 2.24) is 0 Å². The summed E-state index contributed by atoms with van der Waals surface area (Å²) >= 11 is 0. The molecule has 12 nitrogen and oxygen atoms in total. The lowest BCUT2D eigenvalue weighted by molar-refractivity contribution is -0.170. The van der Waals surface area contributed by atoms with Gasteiger partial charge in [-0.15, -0.1) is 0 Å². The SMILES string of the molecule is NC(N)=NCC(=O)O.O=C(O)CC(O)(CC(=O)O)C(=O)O.